The molecular formula is C13H20N2O4S. The summed E-state index contributed by atoms with van der Waals surface area (Å²) in [5, 5.41) is 5.09. The first-order valence-electron chi connectivity index (χ1n) is 6.71. The molecule has 2 atom stereocenters. The van der Waals surface area contributed by atoms with Crippen molar-refractivity contribution in [2.75, 3.05) is 0 Å². The summed E-state index contributed by atoms with van der Waals surface area (Å²) < 4.78 is 28.1. The number of aryl methyl sites for hydroxylation is 1. The molecule has 1 fully saturated rings. The fourth-order valence-corrected chi connectivity index (χ4v) is 3.53. The number of amides is 1. The van der Waals surface area contributed by atoms with Crippen LogP contribution in [-0.2, 0) is 10.0 Å². The third kappa shape index (κ3) is 2.60. The Morgan fingerprint density at radius 1 is 1.50 bits per heavy atom. The molecule has 20 heavy (non-hydrogen) atoms. The molecule has 2 N–H and O–H groups in total. The number of nitrogens with zero attached hydrogens (tertiary/aromatic N) is 1. The van der Waals surface area contributed by atoms with Crippen LogP contribution in [0.3, 0.4) is 0 Å². The van der Waals surface area contributed by atoms with E-state index < -0.39 is 10.0 Å². The number of carbonyl (C=O) groups excluding carboxylic acids is 1. The molecule has 0 radical (unpaired) electrons. The molecule has 1 amide bonds. The van der Waals surface area contributed by atoms with Gasteiger partial charge in [0.1, 0.15) is 10.7 Å². The molecule has 112 valence electrons. The number of sulfonamides is 1. The molecule has 7 heteroatoms. The topological polar surface area (TPSA) is 93.6 Å². The predicted octanol–water partition coefficient (Wildman–Crippen LogP) is 1.64. The van der Waals surface area contributed by atoms with E-state index in [2.05, 4.69) is 0 Å². The highest BCUT2D eigenvalue weighted by molar-refractivity contribution is 7.89. The first kappa shape index (κ1) is 15.1. The van der Waals surface area contributed by atoms with Crippen molar-refractivity contribution in [3.8, 4) is 0 Å². The molecule has 1 aromatic rings. The number of carbonyl (C=O) groups is 1. The lowest BCUT2D eigenvalue weighted by atomic mass is 10.1. The maximum atomic E-state index is 12.5. The molecule has 0 aromatic carbocycles. The van der Waals surface area contributed by atoms with Crippen molar-refractivity contribution in [3.63, 3.8) is 0 Å². The zero-order valence-corrected chi connectivity index (χ0v) is 12.7. The molecule has 6 nitrogen and oxygen atoms in total. The van der Waals surface area contributed by atoms with Gasteiger partial charge in [-0.15, -0.1) is 0 Å². The van der Waals surface area contributed by atoms with Crippen LogP contribution in [0, 0.1) is 6.92 Å². The van der Waals surface area contributed by atoms with E-state index in [0.717, 1.165) is 19.3 Å². The van der Waals surface area contributed by atoms with E-state index in [9.17, 15) is 13.2 Å². The van der Waals surface area contributed by atoms with Crippen molar-refractivity contribution < 1.29 is 17.6 Å². The molecule has 0 aliphatic carbocycles. The number of hydrogen-bond acceptors (Lipinski definition) is 4. The van der Waals surface area contributed by atoms with Gasteiger partial charge in [-0.1, -0.05) is 6.92 Å². The average molecular weight is 300 g/mol. The van der Waals surface area contributed by atoms with Crippen LogP contribution in [0.2, 0.25) is 0 Å². The smallest absolute Gasteiger partial charge is 0.290 e. The summed E-state index contributed by atoms with van der Waals surface area (Å²) in [6.45, 7) is 5.51. The van der Waals surface area contributed by atoms with Crippen molar-refractivity contribution in [2.45, 2.75) is 57.0 Å². The van der Waals surface area contributed by atoms with Gasteiger partial charge in [-0.05, 0) is 33.1 Å². The SMILES string of the molecule is CCC1CCC(C)N1C(=O)c1cc(S(N)(=O)=O)c(C)o1. The highest BCUT2D eigenvalue weighted by Gasteiger charge is 2.35. The van der Waals surface area contributed by atoms with Gasteiger partial charge in [-0.3, -0.25) is 4.79 Å². The number of rotatable bonds is 3. The molecular weight excluding hydrogens is 280 g/mol. The first-order chi connectivity index (χ1) is 9.25. The Kier molecular flexibility index (Phi) is 3.93. The highest BCUT2D eigenvalue weighted by Crippen LogP contribution is 2.29. The van der Waals surface area contributed by atoms with E-state index in [0.29, 0.717) is 0 Å². The molecule has 2 heterocycles. The van der Waals surface area contributed by atoms with Crippen LogP contribution in [0.25, 0.3) is 0 Å². The molecule has 0 spiro atoms. The summed E-state index contributed by atoms with van der Waals surface area (Å²) in [6.07, 6.45) is 2.79. The molecule has 0 bridgehead atoms. The second-order valence-corrected chi connectivity index (χ2v) is 6.81. The van der Waals surface area contributed by atoms with E-state index in [1.54, 1.807) is 4.90 Å². The highest BCUT2D eigenvalue weighted by atomic mass is 32.2. The lowest BCUT2D eigenvalue weighted by Gasteiger charge is -2.26. The fraction of sp³-hybridized carbons (Fsp3) is 0.615. The number of likely N-dealkylation sites (tertiary alicyclic amines) is 1. The Morgan fingerprint density at radius 2 is 2.15 bits per heavy atom. The van der Waals surface area contributed by atoms with Crippen LogP contribution < -0.4 is 5.14 Å². The number of nitrogens with two attached hydrogens (primary N) is 1. The normalized spacial score (nSPS) is 23.3. The minimum absolute atomic E-state index is 0.0405. The summed E-state index contributed by atoms with van der Waals surface area (Å²) in [7, 11) is -3.87. The van der Waals surface area contributed by atoms with Gasteiger partial charge in [-0.2, -0.15) is 0 Å². The second kappa shape index (κ2) is 5.21. The lowest BCUT2D eigenvalue weighted by Crippen LogP contribution is -2.39. The van der Waals surface area contributed by atoms with E-state index >= 15 is 0 Å². The molecule has 1 saturated heterocycles. The third-order valence-corrected chi connectivity index (χ3v) is 4.90. The van der Waals surface area contributed by atoms with Crippen LogP contribution in [0.15, 0.2) is 15.4 Å². The van der Waals surface area contributed by atoms with Gasteiger partial charge in [0.05, 0.1) is 0 Å². The largest absolute Gasteiger partial charge is 0.455 e. The quantitative estimate of drug-likeness (QED) is 0.918. The Labute approximate surface area is 119 Å². The monoisotopic (exact) mass is 300 g/mol. The Bertz CT molecular complexity index is 620. The third-order valence-electron chi connectivity index (χ3n) is 3.88. The van der Waals surface area contributed by atoms with Gasteiger partial charge in [0.2, 0.25) is 10.0 Å². The van der Waals surface area contributed by atoms with Crippen LogP contribution in [-0.4, -0.2) is 31.3 Å². The molecule has 1 aliphatic rings. The Morgan fingerprint density at radius 3 is 2.65 bits per heavy atom. The van der Waals surface area contributed by atoms with Crippen LogP contribution >= 0.6 is 0 Å². The van der Waals surface area contributed by atoms with E-state index in [1.165, 1.54) is 13.0 Å². The zero-order chi connectivity index (χ0) is 15.1. The fourth-order valence-electron chi connectivity index (χ4n) is 2.82. The standard InChI is InChI=1S/C13H20N2O4S/c1-4-10-6-5-8(2)15(10)13(16)11-7-12(9(3)19-11)20(14,17)18/h7-8,10H,4-6H2,1-3H3,(H2,14,17,18). The van der Waals surface area contributed by atoms with Gasteiger partial charge in [0, 0.05) is 18.2 Å². The van der Waals surface area contributed by atoms with Crippen molar-refractivity contribution in [3.05, 3.63) is 17.6 Å². The lowest BCUT2D eigenvalue weighted by molar-refractivity contribution is 0.0642. The molecule has 1 aliphatic heterocycles. The molecule has 0 saturated carbocycles. The van der Waals surface area contributed by atoms with Crippen molar-refractivity contribution in [1.29, 1.82) is 0 Å². The number of primary sulfonamides is 1. The van der Waals surface area contributed by atoms with E-state index in [4.69, 9.17) is 9.56 Å². The van der Waals surface area contributed by atoms with Gasteiger partial charge in [0.15, 0.2) is 5.76 Å². The maximum absolute atomic E-state index is 12.5. The van der Waals surface area contributed by atoms with Crippen LogP contribution in [0.4, 0.5) is 0 Å². The molecule has 1 aromatic heterocycles. The molecule has 2 rings (SSSR count). The summed E-state index contributed by atoms with van der Waals surface area (Å²) in [5.74, 6) is -0.0747. The first-order valence-corrected chi connectivity index (χ1v) is 8.26. The van der Waals surface area contributed by atoms with Gasteiger partial charge >= 0.3 is 0 Å². The zero-order valence-electron chi connectivity index (χ0n) is 11.9. The van der Waals surface area contributed by atoms with E-state index in [1.807, 2.05) is 13.8 Å². The maximum Gasteiger partial charge on any atom is 0.290 e. The number of furan rings is 1. The van der Waals surface area contributed by atoms with Crippen LogP contribution in [0.5, 0.6) is 0 Å². The Balaban J connectivity index is 2.35. The second-order valence-electron chi connectivity index (χ2n) is 5.28. The number of hydrogen-bond donors (Lipinski definition) is 1. The molecule has 2 unspecified atom stereocenters. The van der Waals surface area contributed by atoms with Crippen LogP contribution in [0.1, 0.15) is 49.4 Å². The van der Waals surface area contributed by atoms with Crippen molar-refractivity contribution >= 4 is 15.9 Å². The van der Waals surface area contributed by atoms with Crippen molar-refractivity contribution in [2.24, 2.45) is 5.14 Å². The van der Waals surface area contributed by atoms with E-state index in [-0.39, 0.29) is 34.4 Å². The summed E-state index contributed by atoms with van der Waals surface area (Å²) in [6, 6.07) is 1.54. The van der Waals surface area contributed by atoms with Gasteiger partial charge < -0.3 is 9.32 Å². The van der Waals surface area contributed by atoms with Gasteiger partial charge in [-0.25, -0.2) is 13.6 Å². The summed E-state index contributed by atoms with van der Waals surface area (Å²) in [4.78, 5) is 14.2. The predicted molar refractivity (Wildman–Crippen MR) is 73.8 cm³/mol. The Hall–Kier alpha value is -1.34. The minimum Gasteiger partial charge on any atom is -0.455 e. The van der Waals surface area contributed by atoms with Gasteiger partial charge in [0.25, 0.3) is 5.91 Å². The average Bonchev–Trinajstić information content (AvgIpc) is 2.91. The summed E-state index contributed by atoms with van der Waals surface area (Å²) >= 11 is 0. The van der Waals surface area contributed by atoms with Crippen molar-refractivity contribution in [1.82, 2.24) is 4.90 Å². The minimum atomic E-state index is -3.87. The summed E-state index contributed by atoms with van der Waals surface area (Å²) in [5.41, 5.74) is 0.